The van der Waals surface area contributed by atoms with Gasteiger partial charge in [0.15, 0.2) is 0 Å². The number of rotatable bonds is 6. The molecule has 0 saturated heterocycles. The van der Waals surface area contributed by atoms with Crippen LogP contribution in [-0.4, -0.2) is 25.1 Å². The van der Waals surface area contributed by atoms with Gasteiger partial charge >= 0.3 is 0 Å². The van der Waals surface area contributed by atoms with E-state index in [-0.39, 0.29) is 0 Å². The minimum atomic E-state index is 0.643. The van der Waals surface area contributed by atoms with Crippen LogP contribution in [0.15, 0.2) is 18.2 Å². The van der Waals surface area contributed by atoms with E-state index in [0.29, 0.717) is 6.54 Å². The van der Waals surface area contributed by atoms with E-state index in [1.807, 2.05) is 18.2 Å². The smallest absolute Gasteiger partial charge is 0.119 e. The van der Waals surface area contributed by atoms with Crippen molar-refractivity contribution in [2.24, 2.45) is 0 Å². The van der Waals surface area contributed by atoms with Crippen LogP contribution in [0.3, 0.4) is 0 Å². The van der Waals surface area contributed by atoms with Crippen molar-refractivity contribution in [2.75, 3.05) is 25.9 Å². The quantitative estimate of drug-likeness (QED) is 0.603. The molecule has 0 saturated carbocycles. The van der Waals surface area contributed by atoms with Gasteiger partial charge < -0.3 is 10.5 Å². The van der Waals surface area contributed by atoms with Crippen LogP contribution in [0.25, 0.3) is 0 Å². The van der Waals surface area contributed by atoms with Crippen molar-refractivity contribution in [3.05, 3.63) is 23.8 Å². The molecule has 3 heteroatoms. The minimum absolute atomic E-state index is 0.643. The van der Waals surface area contributed by atoms with Crippen molar-refractivity contribution in [2.45, 2.75) is 19.9 Å². The third kappa shape index (κ3) is 4.01. The lowest BCUT2D eigenvalue weighted by Crippen LogP contribution is -2.24. The Labute approximate surface area is 104 Å². The molecule has 1 aromatic rings. The van der Waals surface area contributed by atoms with Crippen LogP contribution in [0.4, 0.5) is 5.69 Å². The molecule has 0 heterocycles. The van der Waals surface area contributed by atoms with Crippen LogP contribution in [0, 0.1) is 12.3 Å². The van der Waals surface area contributed by atoms with Gasteiger partial charge in [0.05, 0.1) is 13.7 Å². The Morgan fingerprint density at radius 2 is 2.24 bits per heavy atom. The highest BCUT2D eigenvalue weighted by Gasteiger charge is 2.07. The zero-order valence-electron chi connectivity index (χ0n) is 10.6. The number of nitrogens with two attached hydrogens (primary N) is 1. The molecule has 0 aliphatic heterocycles. The molecule has 92 valence electrons. The molecular formula is C14H20N2O. The summed E-state index contributed by atoms with van der Waals surface area (Å²) in [6.07, 6.45) is 6.43. The molecule has 1 aromatic carbocycles. The second-order valence-electron chi connectivity index (χ2n) is 3.98. The van der Waals surface area contributed by atoms with Gasteiger partial charge in [0.1, 0.15) is 5.75 Å². The fourth-order valence-corrected chi connectivity index (χ4v) is 1.75. The second-order valence-corrected chi connectivity index (χ2v) is 3.98. The maximum atomic E-state index is 5.95. The molecule has 3 nitrogen and oxygen atoms in total. The molecule has 0 atom stereocenters. The first kappa shape index (κ1) is 13.4. The molecule has 0 amide bonds. The van der Waals surface area contributed by atoms with E-state index in [0.717, 1.165) is 36.5 Å². The first-order valence-electron chi connectivity index (χ1n) is 5.79. The highest BCUT2D eigenvalue weighted by molar-refractivity contribution is 5.50. The van der Waals surface area contributed by atoms with Crippen LogP contribution in [0.5, 0.6) is 5.75 Å². The van der Waals surface area contributed by atoms with Crippen molar-refractivity contribution in [3.8, 4) is 18.1 Å². The van der Waals surface area contributed by atoms with E-state index in [4.69, 9.17) is 16.9 Å². The van der Waals surface area contributed by atoms with Crippen molar-refractivity contribution >= 4 is 5.69 Å². The predicted octanol–water partition coefficient (Wildman–Crippen LogP) is 2.12. The number of hydrogen-bond donors (Lipinski definition) is 1. The summed E-state index contributed by atoms with van der Waals surface area (Å²) in [5.41, 5.74) is 7.80. The summed E-state index contributed by atoms with van der Waals surface area (Å²) in [5.74, 6) is 3.50. The van der Waals surface area contributed by atoms with E-state index in [2.05, 4.69) is 17.7 Å². The van der Waals surface area contributed by atoms with Crippen LogP contribution in [0.1, 0.15) is 18.9 Å². The molecule has 0 aliphatic rings. The highest BCUT2D eigenvalue weighted by Crippen LogP contribution is 2.20. The van der Waals surface area contributed by atoms with Crippen molar-refractivity contribution < 1.29 is 4.74 Å². The zero-order chi connectivity index (χ0) is 12.7. The normalized spacial score (nSPS) is 10.2. The van der Waals surface area contributed by atoms with Gasteiger partial charge in [0, 0.05) is 12.2 Å². The summed E-state index contributed by atoms with van der Waals surface area (Å²) < 4.78 is 5.20. The molecule has 0 radical (unpaired) electrons. The third-order valence-electron chi connectivity index (χ3n) is 2.60. The van der Waals surface area contributed by atoms with Crippen LogP contribution in [-0.2, 0) is 6.54 Å². The van der Waals surface area contributed by atoms with Gasteiger partial charge in [0.2, 0.25) is 0 Å². The number of methoxy groups -OCH3 is 1. The summed E-state index contributed by atoms with van der Waals surface area (Å²) in [4.78, 5) is 2.20. The lowest BCUT2D eigenvalue weighted by molar-refractivity contribution is 0.299. The van der Waals surface area contributed by atoms with Gasteiger partial charge in [-0.2, -0.15) is 0 Å². The number of nitrogen functional groups attached to an aromatic ring is 1. The largest absolute Gasteiger partial charge is 0.497 e. The minimum Gasteiger partial charge on any atom is -0.497 e. The van der Waals surface area contributed by atoms with Gasteiger partial charge in [-0.05, 0) is 36.7 Å². The van der Waals surface area contributed by atoms with E-state index >= 15 is 0 Å². The fraction of sp³-hybridized carbons (Fsp3) is 0.429. The summed E-state index contributed by atoms with van der Waals surface area (Å²) in [7, 11) is 1.65. The number of anilines is 1. The van der Waals surface area contributed by atoms with Gasteiger partial charge in [-0.25, -0.2) is 0 Å². The average molecular weight is 232 g/mol. The Kier molecular flexibility index (Phi) is 5.38. The van der Waals surface area contributed by atoms with E-state index < -0.39 is 0 Å². The summed E-state index contributed by atoms with van der Waals surface area (Å²) in [5, 5.41) is 0. The van der Waals surface area contributed by atoms with Crippen molar-refractivity contribution in [3.63, 3.8) is 0 Å². The number of terminal acetylenes is 1. The molecule has 2 N–H and O–H groups in total. The Hall–Kier alpha value is -1.66. The number of ether oxygens (including phenoxy) is 1. The SMILES string of the molecule is C#CCN(CCC)Cc1cc(OC)ccc1N. The molecule has 0 spiro atoms. The maximum Gasteiger partial charge on any atom is 0.119 e. The standard InChI is InChI=1S/C14H20N2O/c1-4-8-16(9-5-2)11-12-10-13(17-3)6-7-14(12)15/h1,6-7,10H,5,8-9,11,15H2,2-3H3. The first-order chi connectivity index (χ1) is 8.21. The molecule has 1 rings (SSSR count). The van der Waals surface area contributed by atoms with Crippen molar-refractivity contribution in [1.82, 2.24) is 4.90 Å². The Morgan fingerprint density at radius 3 is 2.82 bits per heavy atom. The zero-order valence-corrected chi connectivity index (χ0v) is 10.6. The number of benzene rings is 1. The Balaban J connectivity index is 2.80. The average Bonchev–Trinajstić information content (AvgIpc) is 2.32. The van der Waals surface area contributed by atoms with E-state index in [1.165, 1.54) is 0 Å². The fourth-order valence-electron chi connectivity index (χ4n) is 1.75. The Morgan fingerprint density at radius 1 is 1.47 bits per heavy atom. The lowest BCUT2D eigenvalue weighted by Gasteiger charge is -2.20. The van der Waals surface area contributed by atoms with Gasteiger partial charge in [-0.3, -0.25) is 4.90 Å². The predicted molar refractivity (Wildman–Crippen MR) is 71.8 cm³/mol. The summed E-state index contributed by atoms with van der Waals surface area (Å²) in [6, 6.07) is 5.70. The lowest BCUT2D eigenvalue weighted by atomic mass is 10.1. The Bertz CT molecular complexity index is 396. The van der Waals surface area contributed by atoms with E-state index in [9.17, 15) is 0 Å². The monoisotopic (exact) mass is 232 g/mol. The molecule has 0 fully saturated rings. The summed E-state index contributed by atoms with van der Waals surface area (Å²) in [6.45, 7) is 4.52. The maximum absolute atomic E-state index is 5.95. The molecule has 0 bridgehead atoms. The molecule has 0 unspecified atom stereocenters. The van der Waals surface area contributed by atoms with Crippen LogP contribution >= 0.6 is 0 Å². The molecule has 17 heavy (non-hydrogen) atoms. The van der Waals surface area contributed by atoms with Gasteiger partial charge in [0.25, 0.3) is 0 Å². The van der Waals surface area contributed by atoms with Crippen LogP contribution in [0.2, 0.25) is 0 Å². The van der Waals surface area contributed by atoms with Gasteiger partial charge in [-0.1, -0.05) is 12.8 Å². The molecule has 0 aliphatic carbocycles. The van der Waals surface area contributed by atoms with E-state index in [1.54, 1.807) is 7.11 Å². The summed E-state index contributed by atoms with van der Waals surface area (Å²) >= 11 is 0. The highest BCUT2D eigenvalue weighted by atomic mass is 16.5. The van der Waals surface area contributed by atoms with Crippen molar-refractivity contribution in [1.29, 1.82) is 0 Å². The van der Waals surface area contributed by atoms with Crippen LogP contribution < -0.4 is 10.5 Å². The number of nitrogens with zero attached hydrogens (tertiary/aromatic N) is 1. The topological polar surface area (TPSA) is 38.5 Å². The molecular weight excluding hydrogens is 212 g/mol. The second kappa shape index (κ2) is 6.82. The molecule has 0 aromatic heterocycles. The van der Waals surface area contributed by atoms with Gasteiger partial charge in [-0.15, -0.1) is 6.42 Å². The first-order valence-corrected chi connectivity index (χ1v) is 5.79. The third-order valence-corrected chi connectivity index (χ3v) is 2.60. The number of hydrogen-bond acceptors (Lipinski definition) is 3.